The Morgan fingerprint density at radius 3 is 2.50 bits per heavy atom. The van der Waals surface area contributed by atoms with Crippen LogP contribution >= 0.6 is 0 Å². The monoisotopic (exact) mass is 602 g/mol. The number of aromatic nitrogens is 3. The lowest BCUT2D eigenvalue weighted by Crippen LogP contribution is -2.29. The number of anilines is 4. The molecule has 0 atom stereocenters. The highest BCUT2D eigenvalue weighted by Crippen LogP contribution is 2.38. The van der Waals surface area contributed by atoms with Gasteiger partial charge in [0.15, 0.2) is 5.65 Å². The second-order valence-corrected chi connectivity index (χ2v) is 9.82. The summed E-state index contributed by atoms with van der Waals surface area (Å²) in [5.74, 6) is 0.216. The summed E-state index contributed by atoms with van der Waals surface area (Å²) in [5, 5.41) is 18.0. The van der Waals surface area contributed by atoms with Crippen molar-refractivity contribution in [3.63, 3.8) is 0 Å². The van der Waals surface area contributed by atoms with Crippen LogP contribution in [-0.2, 0) is 4.79 Å². The van der Waals surface area contributed by atoms with Gasteiger partial charge in [0.25, 0.3) is 11.2 Å². The Kier molecular flexibility index (Phi) is 11.1. The molecule has 0 radical (unpaired) electrons. The number of methoxy groups -OCH3 is 1. The van der Waals surface area contributed by atoms with Crippen LogP contribution in [0.5, 0.6) is 5.75 Å². The number of carbonyl (C=O) groups excluding carboxylic acids is 1. The number of hydrogen-bond donors (Lipinski definition) is 2. The molecular formula is C31H38N8O5. The number of nitro groups is 1. The first-order valence-corrected chi connectivity index (χ1v) is 13.9. The van der Waals surface area contributed by atoms with E-state index in [0.29, 0.717) is 40.3 Å². The number of hydrogen-bond acceptors (Lipinski definition) is 10. The third kappa shape index (κ3) is 7.55. The van der Waals surface area contributed by atoms with Crippen LogP contribution in [0.1, 0.15) is 19.4 Å². The van der Waals surface area contributed by atoms with Gasteiger partial charge in [-0.2, -0.15) is 4.98 Å². The van der Waals surface area contributed by atoms with E-state index >= 15 is 0 Å². The van der Waals surface area contributed by atoms with Gasteiger partial charge in [0, 0.05) is 56.0 Å². The normalized spacial score (nSPS) is 10.5. The molecule has 13 nitrogen and oxygen atoms in total. The minimum absolute atomic E-state index is 0.139. The van der Waals surface area contributed by atoms with Crippen molar-refractivity contribution in [1.29, 1.82) is 0 Å². The van der Waals surface area contributed by atoms with Crippen LogP contribution in [0.4, 0.5) is 28.7 Å². The molecule has 44 heavy (non-hydrogen) atoms. The quantitative estimate of drug-likeness (QED) is 0.138. The molecule has 0 aliphatic carbocycles. The number of aryl methyl sites for hydroxylation is 1. The molecule has 4 rings (SSSR count). The fraction of sp³-hybridized carbons (Fsp3) is 0.290. The van der Waals surface area contributed by atoms with Crippen molar-refractivity contribution in [2.24, 2.45) is 0 Å². The van der Waals surface area contributed by atoms with E-state index in [0.717, 1.165) is 12.2 Å². The molecule has 0 saturated heterocycles. The van der Waals surface area contributed by atoms with Crippen molar-refractivity contribution in [3.8, 4) is 11.4 Å². The Labute approximate surface area is 256 Å². The summed E-state index contributed by atoms with van der Waals surface area (Å²) in [6.07, 6.45) is 2.76. The lowest BCUT2D eigenvalue weighted by molar-refractivity contribution is -0.384. The van der Waals surface area contributed by atoms with Gasteiger partial charge < -0.3 is 25.2 Å². The smallest absolute Gasteiger partial charge is 0.271 e. The molecule has 2 heterocycles. The van der Waals surface area contributed by atoms with E-state index < -0.39 is 10.5 Å². The third-order valence-corrected chi connectivity index (χ3v) is 6.57. The molecule has 4 aromatic rings. The molecule has 0 aliphatic heterocycles. The fourth-order valence-electron chi connectivity index (χ4n) is 4.34. The molecule has 0 unspecified atom stereocenters. The number of carbonyl (C=O) groups is 1. The number of non-ortho nitro benzene ring substituents is 1. The Hall–Kier alpha value is -5.30. The molecular weight excluding hydrogens is 564 g/mol. The van der Waals surface area contributed by atoms with Crippen LogP contribution in [0.3, 0.4) is 0 Å². The molecule has 232 valence electrons. The molecule has 0 aliphatic rings. The van der Waals surface area contributed by atoms with Gasteiger partial charge in [0.1, 0.15) is 5.75 Å². The lowest BCUT2D eigenvalue weighted by atomic mass is 10.2. The maximum absolute atomic E-state index is 13.1. The highest BCUT2D eigenvalue weighted by molar-refractivity contribution is 6.02. The Bertz CT molecular complexity index is 1730. The number of nitro benzene ring substituents is 1. The molecule has 0 spiro atoms. The van der Waals surface area contributed by atoms with E-state index in [9.17, 15) is 19.7 Å². The van der Waals surface area contributed by atoms with Crippen LogP contribution in [0.25, 0.3) is 16.7 Å². The first-order chi connectivity index (χ1) is 21.0. The van der Waals surface area contributed by atoms with Crippen LogP contribution < -0.4 is 25.8 Å². The van der Waals surface area contributed by atoms with E-state index in [1.54, 1.807) is 31.3 Å². The lowest BCUT2D eigenvalue weighted by Gasteiger charge is -2.26. The minimum atomic E-state index is -0.524. The fourth-order valence-corrected chi connectivity index (χ4v) is 4.34. The summed E-state index contributed by atoms with van der Waals surface area (Å²) in [5.41, 5.74) is 2.34. The van der Waals surface area contributed by atoms with Crippen LogP contribution in [0.15, 0.2) is 66.1 Å². The molecule has 13 heteroatoms. The molecule has 2 aromatic heterocycles. The van der Waals surface area contributed by atoms with Gasteiger partial charge >= 0.3 is 0 Å². The van der Waals surface area contributed by atoms with Crippen molar-refractivity contribution >= 4 is 45.6 Å². The van der Waals surface area contributed by atoms with Gasteiger partial charge in [-0.05, 0) is 44.8 Å². The van der Waals surface area contributed by atoms with E-state index in [2.05, 4.69) is 32.1 Å². The highest BCUT2D eigenvalue weighted by Gasteiger charge is 2.18. The summed E-state index contributed by atoms with van der Waals surface area (Å²) in [6.45, 7) is 10.8. The second kappa shape index (κ2) is 14.7. The van der Waals surface area contributed by atoms with Crippen LogP contribution in [0, 0.1) is 17.0 Å². The van der Waals surface area contributed by atoms with Crippen molar-refractivity contribution in [1.82, 2.24) is 19.4 Å². The van der Waals surface area contributed by atoms with Crippen LogP contribution in [0.2, 0.25) is 0 Å². The van der Waals surface area contributed by atoms with Crippen LogP contribution in [-0.4, -0.2) is 71.6 Å². The molecule has 0 saturated carbocycles. The van der Waals surface area contributed by atoms with Gasteiger partial charge in [-0.25, -0.2) is 4.98 Å². The maximum Gasteiger partial charge on any atom is 0.271 e. The number of ether oxygens (including phenoxy) is 1. The van der Waals surface area contributed by atoms with Crippen molar-refractivity contribution < 1.29 is 14.5 Å². The largest absolute Gasteiger partial charge is 0.494 e. The van der Waals surface area contributed by atoms with Gasteiger partial charge in [-0.1, -0.05) is 26.5 Å². The van der Waals surface area contributed by atoms with E-state index in [1.165, 1.54) is 42.0 Å². The first kappa shape index (κ1) is 33.2. The van der Waals surface area contributed by atoms with Gasteiger partial charge in [-0.3, -0.25) is 24.3 Å². The SMILES string of the molecule is C=CC(=O)Nc1cc(Nc2ncc3c(C)cc(=O)n(-c4cccc([N+](=O)[O-])c4)c3n2)c(OC)cc1N(C)CCN(C)C.CC. The average Bonchev–Trinajstić information content (AvgIpc) is 3.01. The number of rotatable bonds is 11. The third-order valence-electron chi connectivity index (χ3n) is 6.57. The summed E-state index contributed by atoms with van der Waals surface area (Å²) in [4.78, 5) is 49.4. The number of fused-ring (bicyclic) bond motifs is 1. The van der Waals surface area contributed by atoms with Gasteiger partial charge in [-0.15, -0.1) is 0 Å². The number of amides is 1. The zero-order valence-corrected chi connectivity index (χ0v) is 26.0. The summed E-state index contributed by atoms with van der Waals surface area (Å²) < 4.78 is 6.97. The molecule has 1 amide bonds. The number of pyridine rings is 1. The standard InChI is InChI=1S/C29H32N8O5.C2H6/c1-7-26(38)31-22-15-23(25(42-6)16-24(22)35(5)12-11-34(3)4)32-29-30-17-21-18(2)13-27(39)36(28(21)33-29)19-9-8-10-20(14-19)37(40)41;1-2/h7-10,13-17H,1,11-12H2,2-6H3,(H,31,38)(H,30,32,33);1-2H3. The Morgan fingerprint density at radius 1 is 1.14 bits per heavy atom. The van der Waals surface area contributed by atoms with Crippen molar-refractivity contribution in [2.45, 2.75) is 20.8 Å². The predicted octanol–water partition coefficient (Wildman–Crippen LogP) is 4.90. The zero-order chi connectivity index (χ0) is 32.6. The number of benzene rings is 2. The predicted molar refractivity (Wildman–Crippen MR) is 175 cm³/mol. The topological polar surface area (TPSA) is 148 Å². The molecule has 2 aromatic carbocycles. The van der Waals surface area contributed by atoms with E-state index in [4.69, 9.17) is 4.74 Å². The molecule has 2 N–H and O–H groups in total. The maximum atomic E-state index is 13.1. The van der Waals surface area contributed by atoms with Crippen molar-refractivity contribution in [3.05, 3.63) is 87.3 Å². The number of likely N-dealkylation sites (N-methyl/N-ethyl adjacent to an activating group) is 2. The molecule has 0 bridgehead atoms. The second-order valence-electron chi connectivity index (χ2n) is 9.82. The Morgan fingerprint density at radius 2 is 1.86 bits per heavy atom. The van der Waals surface area contributed by atoms with E-state index in [1.807, 2.05) is 39.9 Å². The summed E-state index contributed by atoms with van der Waals surface area (Å²) >= 11 is 0. The number of nitrogens with one attached hydrogen (secondary N) is 2. The first-order valence-electron chi connectivity index (χ1n) is 13.9. The molecule has 0 fully saturated rings. The van der Waals surface area contributed by atoms with Crippen molar-refractivity contribution in [2.75, 3.05) is 56.9 Å². The Balaban J connectivity index is 0.00000259. The highest BCUT2D eigenvalue weighted by atomic mass is 16.6. The van der Waals surface area contributed by atoms with E-state index in [-0.39, 0.29) is 23.2 Å². The van der Waals surface area contributed by atoms with Gasteiger partial charge in [0.2, 0.25) is 11.9 Å². The van der Waals surface area contributed by atoms with Gasteiger partial charge in [0.05, 0.1) is 34.8 Å². The number of nitrogens with zero attached hydrogens (tertiary/aromatic N) is 6. The zero-order valence-electron chi connectivity index (χ0n) is 26.0. The summed E-state index contributed by atoms with van der Waals surface area (Å²) in [7, 11) is 7.39. The minimum Gasteiger partial charge on any atom is -0.494 e. The average molecular weight is 603 g/mol. The summed E-state index contributed by atoms with van der Waals surface area (Å²) in [6, 6.07) is 10.7.